The smallest absolute Gasteiger partial charge is 0.227 e. The molecule has 3 heterocycles. The van der Waals surface area contributed by atoms with Gasteiger partial charge in [0, 0.05) is 57.6 Å². The van der Waals surface area contributed by atoms with Crippen molar-refractivity contribution in [1.82, 2.24) is 19.8 Å². The van der Waals surface area contributed by atoms with Gasteiger partial charge in [0.05, 0.1) is 17.0 Å². The van der Waals surface area contributed by atoms with E-state index in [1.54, 1.807) is 0 Å². The highest BCUT2D eigenvalue weighted by molar-refractivity contribution is 5.82. The zero-order valence-corrected chi connectivity index (χ0v) is 17.6. The summed E-state index contributed by atoms with van der Waals surface area (Å²) in [5, 5.41) is 3.33. The van der Waals surface area contributed by atoms with Gasteiger partial charge in [-0.2, -0.15) is 0 Å². The van der Waals surface area contributed by atoms with Gasteiger partial charge in [-0.15, -0.1) is 0 Å². The van der Waals surface area contributed by atoms with E-state index in [1.807, 2.05) is 17.0 Å². The van der Waals surface area contributed by atoms with Gasteiger partial charge in [0.25, 0.3) is 0 Å². The molecular weight excluding hydrogens is 374 g/mol. The lowest BCUT2D eigenvalue weighted by Gasteiger charge is -2.37. The molecule has 0 radical (unpaired) electrons. The van der Waals surface area contributed by atoms with Crippen LogP contribution in [0.15, 0.2) is 48.5 Å². The Hall–Kier alpha value is -2.86. The average Bonchev–Trinajstić information content (AvgIpc) is 3.16. The van der Waals surface area contributed by atoms with E-state index in [-0.39, 0.29) is 5.92 Å². The lowest BCUT2D eigenvalue weighted by Crippen LogP contribution is -2.51. The zero-order chi connectivity index (χ0) is 20.5. The van der Waals surface area contributed by atoms with Crippen LogP contribution in [0.2, 0.25) is 0 Å². The number of amides is 1. The summed E-state index contributed by atoms with van der Waals surface area (Å²) in [6.07, 6.45) is 2.04. The first-order valence-electron chi connectivity index (χ1n) is 11.0. The second kappa shape index (κ2) is 8.11. The summed E-state index contributed by atoms with van der Waals surface area (Å²) in [5.74, 6) is 1.40. The highest BCUT2D eigenvalue weighted by Gasteiger charge is 2.30. The predicted molar refractivity (Wildman–Crippen MR) is 121 cm³/mol. The summed E-state index contributed by atoms with van der Waals surface area (Å²) in [6.45, 7) is 5.27. The topological polar surface area (TPSA) is 53.4 Å². The molecule has 2 saturated heterocycles. The highest BCUT2D eigenvalue weighted by atomic mass is 16.2. The fourth-order valence-corrected chi connectivity index (χ4v) is 4.80. The van der Waals surface area contributed by atoms with Crippen LogP contribution < -0.4 is 10.2 Å². The van der Waals surface area contributed by atoms with Gasteiger partial charge in [0.2, 0.25) is 5.91 Å². The summed E-state index contributed by atoms with van der Waals surface area (Å²) in [5.41, 5.74) is 4.44. The molecule has 1 aromatic heterocycles. The van der Waals surface area contributed by atoms with E-state index in [4.69, 9.17) is 4.98 Å². The fourth-order valence-electron chi connectivity index (χ4n) is 4.80. The maximum Gasteiger partial charge on any atom is 0.227 e. The number of hydrogen-bond acceptors (Lipinski definition) is 4. The maximum absolute atomic E-state index is 13.0. The van der Waals surface area contributed by atoms with E-state index in [1.165, 1.54) is 5.69 Å². The Bertz CT molecular complexity index is 1050. The molecule has 30 heavy (non-hydrogen) atoms. The third-order valence-electron chi connectivity index (χ3n) is 6.46. The maximum atomic E-state index is 13.0. The van der Waals surface area contributed by atoms with Gasteiger partial charge in [-0.05, 0) is 37.1 Å². The number of carbonyl (C=O) groups is 1. The minimum absolute atomic E-state index is 0.0938. The molecule has 0 spiro atoms. The molecule has 1 atom stereocenters. The van der Waals surface area contributed by atoms with Crippen LogP contribution >= 0.6 is 0 Å². The number of nitrogens with one attached hydrogen (secondary N) is 1. The van der Waals surface area contributed by atoms with Crippen molar-refractivity contribution in [1.29, 1.82) is 0 Å². The monoisotopic (exact) mass is 403 g/mol. The van der Waals surface area contributed by atoms with Crippen LogP contribution in [0.5, 0.6) is 0 Å². The summed E-state index contributed by atoms with van der Waals surface area (Å²) in [6, 6.07) is 16.8. The number of imidazole rings is 1. The number of piperidine rings is 1. The van der Waals surface area contributed by atoms with Crippen molar-refractivity contribution >= 4 is 22.6 Å². The van der Waals surface area contributed by atoms with Crippen LogP contribution in [-0.4, -0.2) is 59.6 Å². The minimum Gasteiger partial charge on any atom is -0.371 e. The van der Waals surface area contributed by atoms with E-state index in [2.05, 4.69) is 58.2 Å². The van der Waals surface area contributed by atoms with Gasteiger partial charge in [-0.1, -0.05) is 24.3 Å². The Labute approximate surface area is 177 Å². The number of nitrogens with zero attached hydrogens (tertiary/aromatic N) is 4. The van der Waals surface area contributed by atoms with Crippen molar-refractivity contribution in [2.24, 2.45) is 13.0 Å². The number of aryl methyl sites for hydroxylation is 1. The Kier molecular flexibility index (Phi) is 5.17. The molecule has 2 aromatic carbocycles. The van der Waals surface area contributed by atoms with Gasteiger partial charge in [-0.3, -0.25) is 4.79 Å². The number of benzene rings is 2. The second-order valence-electron chi connectivity index (χ2n) is 8.39. The standard InChI is InChI=1S/C24H29N5O/c1-27-22-10-3-2-9-21(22)26-23(27)18-6-4-8-20(16-18)29-13-5-7-19(17-29)24(30)28-14-11-25-12-15-28/h2-4,6,8-10,16,19,25H,5,7,11-15,17H2,1H3/t19-/m0/s1. The Morgan fingerprint density at radius 3 is 2.73 bits per heavy atom. The summed E-state index contributed by atoms with van der Waals surface area (Å²) in [7, 11) is 2.07. The van der Waals surface area contributed by atoms with Crippen LogP contribution in [-0.2, 0) is 11.8 Å². The van der Waals surface area contributed by atoms with E-state index in [9.17, 15) is 4.79 Å². The second-order valence-corrected chi connectivity index (χ2v) is 8.39. The van der Waals surface area contributed by atoms with Crippen molar-refractivity contribution in [2.75, 3.05) is 44.2 Å². The van der Waals surface area contributed by atoms with Crippen molar-refractivity contribution < 1.29 is 4.79 Å². The first-order chi connectivity index (χ1) is 14.7. The van der Waals surface area contributed by atoms with Gasteiger partial charge in [0.1, 0.15) is 5.82 Å². The first kappa shape index (κ1) is 19.1. The number of rotatable bonds is 3. The molecule has 0 unspecified atom stereocenters. The normalized spacial score (nSPS) is 20.0. The lowest BCUT2D eigenvalue weighted by molar-refractivity contribution is -0.136. The largest absolute Gasteiger partial charge is 0.371 e. The molecule has 156 valence electrons. The molecule has 2 fully saturated rings. The number of anilines is 1. The number of fused-ring (bicyclic) bond motifs is 1. The average molecular weight is 404 g/mol. The summed E-state index contributed by atoms with van der Waals surface area (Å²) >= 11 is 0. The van der Waals surface area contributed by atoms with Crippen molar-refractivity contribution in [3.8, 4) is 11.4 Å². The molecule has 3 aromatic rings. The SMILES string of the molecule is Cn1c(-c2cccc(N3CCC[C@H](C(=O)N4CCNCC4)C3)c2)nc2ccccc21. The summed E-state index contributed by atoms with van der Waals surface area (Å²) < 4.78 is 2.15. The molecule has 0 bridgehead atoms. The van der Waals surface area contributed by atoms with E-state index >= 15 is 0 Å². The molecule has 0 saturated carbocycles. The van der Waals surface area contributed by atoms with Crippen molar-refractivity contribution in [3.05, 3.63) is 48.5 Å². The third-order valence-corrected chi connectivity index (χ3v) is 6.46. The highest BCUT2D eigenvalue weighted by Crippen LogP contribution is 2.30. The van der Waals surface area contributed by atoms with Crippen LogP contribution in [0.25, 0.3) is 22.4 Å². The molecule has 6 heteroatoms. The Balaban J connectivity index is 1.38. The zero-order valence-electron chi connectivity index (χ0n) is 17.6. The number of aromatic nitrogens is 2. The Morgan fingerprint density at radius 2 is 1.90 bits per heavy atom. The van der Waals surface area contributed by atoms with Crippen LogP contribution in [0.4, 0.5) is 5.69 Å². The summed E-state index contributed by atoms with van der Waals surface area (Å²) in [4.78, 5) is 22.3. The van der Waals surface area contributed by atoms with Gasteiger partial charge in [-0.25, -0.2) is 4.98 Å². The number of piperazine rings is 1. The molecule has 5 rings (SSSR count). The molecule has 6 nitrogen and oxygen atoms in total. The van der Waals surface area contributed by atoms with Crippen molar-refractivity contribution in [2.45, 2.75) is 12.8 Å². The fraction of sp³-hybridized carbons (Fsp3) is 0.417. The number of para-hydroxylation sites is 2. The molecule has 2 aliphatic heterocycles. The Morgan fingerprint density at radius 1 is 1.07 bits per heavy atom. The number of hydrogen-bond donors (Lipinski definition) is 1. The predicted octanol–water partition coefficient (Wildman–Crippen LogP) is 2.89. The minimum atomic E-state index is 0.0938. The van der Waals surface area contributed by atoms with E-state index in [0.717, 1.165) is 74.5 Å². The van der Waals surface area contributed by atoms with Gasteiger partial charge < -0.3 is 19.7 Å². The van der Waals surface area contributed by atoms with Gasteiger partial charge in [0.15, 0.2) is 0 Å². The molecule has 2 aliphatic rings. The number of carbonyl (C=O) groups excluding carboxylic acids is 1. The van der Waals surface area contributed by atoms with Crippen LogP contribution in [0.1, 0.15) is 12.8 Å². The lowest BCUT2D eigenvalue weighted by atomic mass is 9.95. The molecule has 0 aliphatic carbocycles. The quantitative estimate of drug-likeness (QED) is 0.731. The van der Waals surface area contributed by atoms with E-state index in [0.29, 0.717) is 5.91 Å². The van der Waals surface area contributed by atoms with Gasteiger partial charge >= 0.3 is 0 Å². The molecule has 1 N–H and O–H groups in total. The molecule has 1 amide bonds. The van der Waals surface area contributed by atoms with Crippen LogP contribution in [0, 0.1) is 5.92 Å². The van der Waals surface area contributed by atoms with E-state index < -0.39 is 0 Å². The third kappa shape index (κ3) is 3.56. The first-order valence-corrected chi connectivity index (χ1v) is 11.0. The van der Waals surface area contributed by atoms with Crippen LogP contribution in [0.3, 0.4) is 0 Å². The molecular formula is C24H29N5O. The van der Waals surface area contributed by atoms with Crippen molar-refractivity contribution in [3.63, 3.8) is 0 Å².